The van der Waals surface area contributed by atoms with Crippen LogP contribution in [0.1, 0.15) is 129 Å². The van der Waals surface area contributed by atoms with Gasteiger partial charge in [0.05, 0.1) is 23.5 Å². The lowest BCUT2D eigenvalue weighted by Gasteiger charge is -2.30. The second-order valence-corrected chi connectivity index (χ2v) is 17.2. The third kappa shape index (κ3) is 17.8. The number of primary amides is 1. The number of aryl methyl sites for hydroxylation is 1. The average Bonchev–Trinajstić information content (AvgIpc) is 3.64. The number of carbonyl (C=O) groups is 6. The van der Waals surface area contributed by atoms with Gasteiger partial charge in [-0.05, 0) is 108 Å². The standard InChI is InChI=1S/C47H69ClN8O7/c1-30(2)52-33(5)32(4)36-15-17-37(18-16-36)41(53-34(6)58)26-45(61)51-24-10-8-9-12-38-13-11-14-43(46(38)48)63-28-39(19-22-44(50)60)54-47(62)42-21-20-40(56(42)29-57)23-25-55(35(7)59)27-31(3)49/h11,13-18,29,31,39-42H,8-10,12,19-28,49H2,1-7H3,(H2,50,60)(H,51,61)(H,53,58)(H,54,62)/b33-32+. The molecule has 2 aromatic carbocycles. The Kier molecular flexibility index (Phi) is 21.8. The second kappa shape index (κ2) is 26.4. The molecule has 5 atom stereocenters. The number of allylic oxidation sites excluding steroid dienone is 2. The van der Waals surface area contributed by atoms with Gasteiger partial charge in [-0.15, -0.1) is 0 Å². The van der Waals surface area contributed by atoms with E-state index >= 15 is 0 Å². The highest BCUT2D eigenvalue weighted by Crippen LogP contribution is 2.30. The van der Waals surface area contributed by atoms with Gasteiger partial charge in [0, 0.05) is 63.4 Å². The topological polar surface area (TPSA) is 219 Å². The summed E-state index contributed by atoms with van der Waals surface area (Å²) in [5.74, 6) is -0.921. The fourth-order valence-electron chi connectivity index (χ4n) is 7.71. The number of likely N-dealkylation sites (tertiary alicyclic amines) is 1. The number of halogens is 1. The van der Waals surface area contributed by atoms with E-state index in [4.69, 9.17) is 27.8 Å². The van der Waals surface area contributed by atoms with E-state index in [0.29, 0.717) is 62.5 Å². The maximum atomic E-state index is 13.6. The van der Waals surface area contributed by atoms with Crippen LogP contribution >= 0.6 is 11.6 Å². The molecule has 3 rings (SSSR count). The number of nitrogens with zero attached hydrogens (tertiary/aromatic N) is 3. The number of carbonyl (C=O) groups excluding carboxylic acids is 6. The SMILES string of the molecule is CC(=O)NC(CC(=O)NCCCCCc1cccc(OCC(CCC(N)=O)NC(=O)C2CCC(CCN(CC(C)N)C(C)=O)N2C=O)c1Cl)c1ccc(/C(C)=C(\C)N=C(C)C)cc1. The van der Waals surface area contributed by atoms with E-state index in [1.165, 1.54) is 18.7 Å². The number of benzene rings is 2. The Labute approximate surface area is 378 Å². The number of unbranched alkanes of at least 4 members (excludes halogenated alkanes) is 2. The fraction of sp³-hybridized carbons (Fsp3) is 0.553. The van der Waals surface area contributed by atoms with E-state index in [9.17, 15) is 28.8 Å². The Bertz CT molecular complexity index is 1930. The van der Waals surface area contributed by atoms with Crippen molar-refractivity contribution in [2.45, 2.75) is 143 Å². The zero-order chi connectivity index (χ0) is 46.6. The molecular formula is C47H69ClN8O7. The first-order valence-corrected chi connectivity index (χ1v) is 22.3. The van der Waals surface area contributed by atoms with Crippen molar-refractivity contribution in [2.24, 2.45) is 16.5 Å². The summed E-state index contributed by atoms with van der Waals surface area (Å²) >= 11 is 6.80. The van der Waals surface area contributed by atoms with Crippen LogP contribution < -0.4 is 32.2 Å². The highest BCUT2D eigenvalue weighted by molar-refractivity contribution is 6.32. The van der Waals surface area contributed by atoms with Crippen molar-refractivity contribution in [3.05, 3.63) is 69.9 Å². The predicted octanol–water partition coefficient (Wildman–Crippen LogP) is 5.37. The molecule has 2 aromatic rings. The molecule has 0 aliphatic carbocycles. The van der Waals surface area contributed by atoms with E-state index in [1.54, 1.807) is 11.0 Å². The smallest absolute Gasteiger partial charge is 0.243 e. The molecule has 346 valence electrons. The van der Waals surface area contributed by atoms with Crippen LogP contribution in [0.4, 0.5) is 0 Å². The molecule has 0 saturated carbocycles. The van der Waals surface area contributed by atoms with E-state index in [1.807, 2.05) is 71.0 Å². The van der Waals surface area contributed by atoms with Crippen molar-refractivity contribution in [1.29, 1.82) is 0 Å². The first-order valence-electron chi connectivity index (χ1n) is 22.0. The number of amides is 6. The number of rotatable bonds is 26. The normalized spacial score (nSPS) is 16.5. The lowest BCUT2D eigenvalue weighted by atomic mass is 9.98. The summed E-state index contributed by atoms with van der Waals surface area (Å²) in [7, 11) is 0. The van der Waals surface area contributed by atoms with Gasteiger partial charge >= 0.3 is 0 Å². The molecule has 1 heterocycles. The predicted molar refractivity (Wildman–Crippen MR) is 248 cm³/mol. The molecule has 5 unspecified atom stereocenters. The molecule has 15 nitrogen and oxygen atoms in total. The minimum atomic E-state index is -0.709. The van der Waals surface area contributed by atoms with E-state index in [0.717, 1.165) is 52.9 Å². The largest absolute Gasteiger partial charge is 0.490 e. The van der Waals surface area contributed by atoms with Gasteiger partial charge in [0.2, 0.25) is 35.9 Å². The summed E-state index contributed by atoms with van der Waals surface area (Å²) in [6.45, 7) is 14.0. The molecular weight excluding hydrogens is 824 g/mol. The molecule has 16 heteroatoms. The summed E-state index contributed by atoms with van der Waals surface area (Å²) in [5, 5.41) is 9.31. The number of aliphatic imine (C=N–C) groups is 1. The Morgan fingerprint density at radius 3 is 2.32 bits per heavy atom. The number of nitrogens with two attached hydrogens (primary N) is 2. The maximum absolute atomic E-state index is 13.6. The van der Waals surface area contributed by atoms with Crippen molar-refractivity contribution < 1.29 is 33.5 Å². The maximum Gasteiger partial charge on any atom is 0.243 e. The summed E-state index contributed by atoms with van der Waals surface area (Å²) < 4.78 is 6.12. The molecule has 0 aromatic heterocycles. The molecule has 1 fully saturated rings. The van der Waals surface area contributed by atoms with Gasteiger partial charge in [-0.25, -0.2) is 0 Å². The monoisotopic (exact) mass is 892 g/mol. The van der Waals surface area contributed by atoms with Crippen LogP contribution in [0, 0.1) is 0 Å². The molecule has 0 spiro atoms. The van der Waals surface area contributed by atoms with Crippen LogP contribution in [0.3, 0.4) is 0 Å². The van der Waals surface area contributed by atoms with Crippen LogP contribution in [0.25, 0.3) is 5.57 Å². The Morgan fingerprint density at radius 1 is 0.984 bits per heavy atom. The van der Waals surface area contributed by atoms with E-state index < -0.39 is 24.0 Å². The zero-order valence-corrected chi connectivity index (χ0v) is 38.9. The highest BCUT2D eigenvalue weighted by Gasteiger charge is 2.38. The number of ether oxygens (including phenoxy) is 1. The van der Waals surface area contributed by atoms with Crippen LogP contribution in [0.5, 0.6) is 5.75 Å². The summed E-state index contributed by atoms with van der Waals surface area (Å²) in [6.07, 6.45) is 5.66. The van der Waals surface area contributed by atoms with Crippen molar-refractivity contribution in [3.63, 3.8) is 0 Å². The van der Waals surface area contributed by atoms with Gasteiger partial charge in [0.1, 0.15) is 18.4 Å². The molecule has 7 N–H and O–H groups in total. The number of hydrogen-bond acceptors (Lipinski definition) is 9. The quantitative estimate of drug-likeness (QED) is 0.0469. The minimum Gasteiger partial charge on any atom is -0.490 e. The molecule has 1 aliphatic heterocycles. The number of hydrogen-bond donors (Lipinski definition) is 5. The van der Waals surface area contributed by atoms with Crippen LogP contribution in [0.15, 0.2) is 53.2 Å². The molecule has 1 aliphatic rings. The zero-order valence-electron chi connectivity index (χ0n) is 38.1. The van der Waals surface area contributed by atoms with Crippen molar-refractivity contribution in [2.75, 3.05) is 26.2 Å². The summed E-state index contributed by atoms with van der Waals surface area (Å²) in [6, 6.07) is 11.2. The average molecular weight is 894 g/mol. The molecule has 1 saturated heterocycles. The third-order valence-corrected chi connectivity index (χ3v) is 11.6. The molecule has 0 bridgehead atoms. The Morgan fingerprint density at radius 2 is 1.70 bits per heavy atom. The lowest BCUT2D eigenvalue weighted by molar-refractivity contribution is -0.133. The summed E-state index contributed by atoms with van der Waals surface area (Å²) in [4.78, 5) is 82.3. The lowest BCUT2D eigenvalue weighted by Crippen LogP contribution is -2.50. The molecule has 63 heavy (non-hydrogen) atoms. The van der Waals surface area contributed by atoms with Crippen molar-refractivity contribution in [1.82, 2.24) is 25.8 Å². The highest BCUT2D eigenvalue weighted by atomic mass is 35.5. The van der Waals surface area contributed by atoms with Crippen LogP contribution in [-0.2, 0) is 35.2 Å². The van der Waals surface area contributed by atoms with Crippen molar-refractivity contribution in [3.8, 4) is 5.75 Å². The first-order chi connectivity index (χ1) is 29.9. The van der Waals surface area contributed by atoms with Crippen molar-refractivity contribution >= 4 is 58.8 Å². The minimum absolute atomic E-state index is 0.0170. The van der Waals surface area contributed by atoms with Gasteiger partial charge in [-0.2, -0.15) is 0 Å². The van der Waals surface area contributed by atoms with E-state index in [-0.39, 0.29) is 61.6 Å². The van der Waals surface area contributed by atoms with Gasteiger partial charge in [-0.3, -0.25) is 33.8 Å². The number of nitrogens with one attached hydrogen (secondary N) is 3. The van der Waals surface area contributed by atoms with Crippen LogP contribution in [0.2, 0.25) is 5.02 Å². The third-order valence-electron chi connectivity index (χ3n) is 11.1. The Hall–Kier alpha value is -5.28. The van der Waals surface area contributed by atoms with Gasteiger partial charge in [0.15, 0.2) is 0 Å². The van der Waals surface area contributed by atoms with Crippen LogP contribution in [-0.4, -0.2) is 102 Å². The second-order valence-electron chi connectivity index (χ2n) is 16.8. The van der Waals surface area contributed by atoms with Gasteiger partial charge < -0.3 is 42.0 Å². The van der Waals surface area contributed by atoms with Gasteiger partial charge in [0.25, 0.3) is 0 Å². The van der Waals surface area contributed by atoms with E-state index in [2.05, 4.69) is 20.9 Å². The molecule has 0 radical (unpaired) electrons. The Balaban J connectivity index is 1.50. The fourth-order valence-corrected chi connectivity index (χ4v) is 7.98. The van der Waals surface area contributed by atoms with Gasteiger partial charge in [-0.1, -0.05) is 54.4 Å². The first kappa shape index (κ1) is 52.1. The molecule has 6 amide bonds. The summed E-state index contributed by atoms with van der Waals surface area (Å²) in [5.41, 5.74) is 17.1.